The van der Waals surface area contributed by atoms with Gasteiger partial charge in [-0.2, -0.15) is 0 Å². The molecule has 1 unspecified atom stereocenters. The van der Waals surface area contributed by atoms with Gasteiger partial charge in [0.1, 0.15) is 0 Å². The first kappa shape index (κ1) is 26.9. The fourth-order valence-electron chi connectivity index (χ4n) is 3.66. The number of rotatable bonds is 17. The molecule has 152 valence electrons. The van der Waals surface area contributed by atoms with Crippen LogP contribution in [0.5, 0.6) is 0 Å². The van der Waals surface area contributed by atoms with Gasteiger partial charge in [-0.05, 0) is 12.0 Å². The van der Waals surface area contributed by atoms with Gasteiger partial charge < -0.3 is 7.96 Å². The quantitative estimate of drug-likeness (QED) is 0.215. The fraction of sp³-hybridized carbons (Fsp3) is 0.708. The van der Waals surface area contributed by atoms with Crippen molar-refractivity contribution in [3.63, 3.8) is 0 Å². The minimum absolute atomic E-state index is 0. The second-order valence-corrected chi connectivity index (χ2v) is 7.69. The zero-order chi connectivity index (χ0) is 18.9. The van der Waals surface area contributed by atoms with E-state index >= 15 is 0 Å². The van der Waals surface area contributed by atoms with E-state index in [1.54, 1.807) is 0 Å². The fourth-order valence-corrected chi connectivity index (χ4v) is 3.66. The third-order valence-corrected chi connectivity index (χ3v) is 5.35. The van der Waals surface area contributed by atoms with Gasteiger partial charge in [-0.15, -0.1) is 0 Å². The summed E-state index contributed by atoms with van der Waals surface area (Å²) >= 11 is 0. The van der Waals surface area contributed by atoms with Crippen LogP contribution in [0.25, 0.3) is 0 Å². The SMILES string of the molecule is CCCCCCCCCCCCCCCCC(C(=O)O)c1ccccc1.[Ca+2].[H-].[H-]. The number of carboxylic acids is 1. The minimum atomic E-state index is -0.689. The molecule has 1 atom stereocenters. The molecule has 1 N–H and O–H groups in total. The van der Waals surface area contributed by atoms with Crippen molar-refractivity contribution in [1.82, 2.24) is 0 Å². The average molecular weight is 403 g/mol. The molecular weight excluding hydrogens is 360 g/mol. The van der Waals surface area contributed by atoms with E-state index in [1.807, 2.05) is 30.3 Å². The molecule has 0 saturated heterocycles. The molecule has 0 aliphatic carbocycles. The van der Waals surface area contributed by atoms with Gasteiger partial charge in [0, 0.05) is 0 Å². The van der Waals surface area contributed by atoms with E-state index in [4.69, 9.17) is 0 Å². The van der Waals surface area contributed by atoms with Crippen LogP contribution in [0.3, 0.4) is 0 Å². The molecule has 0 aliphatic heterocycles. The number of unbranched alkanes of at least 4 members (excludes halogenated alkanes) is 13. The van der Waals surface area contributed by atoms with Crippen LogP contribution in [0.15, 0.2) is 30.3 Å². The van der Waals surface area contributed by atoms with Gasteiger partial charge in [-0.1, -0.05) is 127 Å². The smallest absolute Gasteiger partial charge is 1.00 e. The van der Waals surface area contributed by atoms with Crippen LogP contribution in [0.1, 0.15) is 118 Å². The molecule has 0 heterocycles. The standard InChI is InChI=1S/C24H40O2.Ca.2H/c1-2-3-4-5-6-7-8-9-10-11-12-13-14-18-21-23(24(25)26)22-19-16-15-17-20-22;;;/h15-17,19-20,23H,2-14,18,21H2,1H3,(H,25,26);;;/q;+2;2*-1. The number of aliphatic carboxylic acids is 1. The molecule has 2 nitrogen and oxygen atoms in total. The second-order valence-electron chi connectivity index (χ2n) is 7.69. The van der Waals surface area contributed by atoms with E-state index in [2.05, 4.69) is 6.92 Å². The summed E-state index contributed by atoms with van der Waals surface area (Å²) < 4.78 is 0. The molecule has 3 heteroatoms. The summed E-state index contributed by atoms with van der Waals surface area (Å²) in [6, 6.07) is 9.66. The Labute approximate surface area is 200 Å². The number of carboxylic acid groups (broad SMARTS) is 1. The number of hydrogen-bond acceptors (Lipinski definition) is 1. The molecule has 0 saturated carbocycles. The van der Waals surface area contributed by atoms with Gasteiger partial charge in [0.2, 0.25) is 0 Å². The predicted molar refractivity (Wildman–Crippen MR) is 120 cm³/mol. The van der Waals surface area contributed by atoms with E-state index in [-0.39, 0.29) is 46.5 Å². The van der Waals surface area contributed by atoms with Crippen LogP contribution in [0.2, 0.25) is 0 Å². The van der Waals surface area contributed by atoms with E-state index in [1.165, 1.54) is 77.0 Å². The molecule has 0 spiro atoms. The van der Waals surface area contributed by atoms with Gasteiger partial charge in [0.25, 0.3) is 0 Å². The number of hydrogen-bond donors (Lipinski definition) is 1. The first-order chi connectivity index (χ1) is 12.8. The van der Waals surface area contributed by atoms with Gasteiger partial charge in [0.15, 0.2) is 0 Å². The molecule has 0 fully saturated rings. The summed E-state index contributed by atoms with van der Waals surface area (Å²) in [6.07, 6.45) is 19.4. The predicted octanol–water partition coefficient (Wildman–Crippen LogP) is 7.57. The average Bonchev–Trinajstić information content (AvgIpc) is 2.65. The van der Waals surface area contributed by atoms with Crippen LogP contribution >= 0.6 is 0 Å². The molecule has 0 radical (unpaired) electrons. The Balaban J connectivity index is -0.00000225. The van der Waals surface area contributed by atoms with Crippen LogP contribution in [-0.2, 0) is 4.79 Å². The summed E-state index contributed by atoms with van der Waals surface area (Å²) in [6.45, 7) is 2.27. The van der Waals surface area contributed by atoms with Crippen LogP contribution in [-0.4, -0.2) is 48.8 Å². The normalized spacial score (nSPS) is 11.7. The Morgan fingerprint density at radius 2 is 1.19 bits per heavy atom. The molecule has 0 bridgehead atoms. The maximum Gasteiger partial charge on any atom is 2.00 e. The topological polar surface area (TPSA) is 37.3 Å². The van der Waals surface area contributed by atoms with Gasteiger partial charge in [-0.3, -0.25) is 4.79 Å². The van der Waals surface area contributed by atoms with E-state index < -0.39 is 5.97 Å². The molecule has 0 aromatic heterocycles. The number of benzene rings is 1. The van der Waals surface area contributed by atoms with Crippen molar-refractivity contribution in [3.05, 3.63) is 35.9 Å². The first-order valence-corrected chi connectivity index (χ1v) is 11.0. The summed E-state index contributed by atoms with van der Waals surface area (Å²) in [4.78, 5) is 11.5. The van der Waals surface area contributed by atoms with Crippen LogP contribution in [0.4, 0.5) is 0 Å². The van der Waals surface area contributed by atoms with E-state index in [0.717, 1.165) is 24.8 Å². The van der Waals surface area contributed by atoms with Crippen molar-refractivity contribution in [3.8, 4) is 0 Å². The number of carbonyl (C=O) groups is 1. The molecular formula is C24H42CaO2. The molecule has 1 rings (SSSR count). The monoisotopic (exact) mass is 402 g/mol. The Morgan fingerprint density at radius 1 is 0.778 bits per heavy atom. The maximum atomic E-state index is 11.5. The first-order valence-electron chi connectivity index (χ1n) is 11.0. The molecule has 1 aromatic rings. The van der Waals surface area contributed by atoms with E-state index in [9.17, 15) is 9.90 Å². The zero-order valence-electron chi connectivity index (χ0n) is 19.6. The van der Waals surface area contributed by atoms with Crippen molar-refractivity contribution in [2.45, 2.75) is 109 Å². The van der Waals surface area contributed by atoms with Crippen molar-refractivity contribution in [1.29, 1.82) is 0 Å². The minimum Gasteiger partial charge on any atom is -1.00 e. The van der Waals surface area contributed by atoms with Crippen molar-refractivity contribution in [2.24, 2.45) is 0 Å². The van der Waals surface area contributed by atoms with Gasteiger partial charge in [0.05, 0.1) is 5.92 Å². The largest absolute Gasteiger partial charge is 2.00 e. The van der Waals surface area contributed by atoms with Crippen molar-refractivity contribution >= 4 is 43.7 Å². The Kier molecular flexibility index (Phi) is 19.2. The van der Waals surface area contributed by atoms with Crippen LogP contribution in [0, 0.1) is 0 Å². The third kappa shape index (κ3) is 14.6. The molecule has 0 amide bonds. The van der Waals surface area contributed by atoms with Crippen molar-refractivity contribution < 1.29 is 12.8 Å². The maximum absolute atomic E-state index is 11.5. The zero-order valence-corrected chi connectivity index (χ0v) is 19.8. The summed E-state index contributed by atoms with van der Waals surface area (Å²) in [5.41, 5.74) is 0.940. The van der Waals surface area contributed by atoms with Crippen molar-refractivity contribution in [2.75, 3.05) is 0 Å². The Bertz CT molecular complexity index is 457. The van der Waals surface area contributed by atoms with Gasteiger partial charge >= 0.3 is 43.7 Å². The molecule has 0 aliphatic rings. The third-order valence-electron chi connectivity index (χ3n) is 5.35. The summed E-state index contributed by atoms with van der Waals surface area (Å²) in [5.74, 6) is -1.03. The van der Waals surface area contributed by atoms with Crippen LogP contribution < -0.4 is 0 Å². The Morgan fingerprint density at radius 3 is 1.59 bits per heavy atom. The summed E-state index contributed by atoms with van der Waals surface area (Å²) in [5, 5.41) is 9.43. The van der Waals surface area contributed by atoms with E-state index in [0.29, 0.717) is 0 Å². The second kappa shape index (κ2) is 19.3. The molecule has 27 heavy (non-hydrogen) atoms. The Hall–Kier alpha value is -0.0503. The molecule has 1 aromatic carbocycles. The van der Waals surface area contributed by atoms with Gasteiger partial charge in [-0.25, -0.2) is 0 Å². The summed E-state index contributed by atoms with van der Waals surface area (Å²) in [7, 11) is 0.